The summed E-state index contributed by atoms with van der Waals surface area (Å²) >= 11 is 1.46. The van der Waals surface area contributed by atoms with Gasteiger partial charge in [0, 0.05) is 22.7 Å². The molecule has 1 N–H and O–H groups in total. The molecule has 0 spiro atoms. The molecule has 1 aromatic heterocycles. The van der Waals surface area contributed by atoms with E-state index in [2.05, 4.69) is 15.0 Å². The maximum absolute atomic E-state index is 12.5. The van der Waals surface area contributed by atoms with E-state index in [0.717, 1.165) is 16.1 Å². The molecule has 0 aliphatic rings. The van der Waals surface area contributed by atoms with Crippen LogP contribution in [0.4, 0.5) is 14.5 Å². The number of amides is 1. The van der Waals surface area contributed by atoms with E-state index in [4.69, 9.17) is 4.74 Å². The van der Waals surface area contributed by atoms with Gasteiger partial charge in [0.1, 0.15) is 5.01 Å². The van der Waals surface area contributed by atoms with Crippen LogP contribution in [0.25, 0.3) is 10.6 Å². The number of rotatable bonds is 7. The smallest absolute Gasteiger partial charge is 0.387 e. The Morgan fingerprint density at radius 1 is 1.21 bits per heavy atom. The standard InChI is InChI=1S/C20H18F2N2O3S/c1-12-4-3-5-13(8-12)19-24-15(11-28-19)10-18(25)23-14-6-7-16(26-2)17(9-14)27-20(21)22/h3-9,11,20H,10H2,1-2H3,(H,23,25). The zero-order chi connectivity index (χ0) is 20.1. The van der Waals surface area contributed by atoms with E-state index in [-0.39, 0.29) is 23.8 Å². The minimum Gasteiger partial charge on any atom is -0.493 e. The highest BCUT2D eigenvalue weighted by Crippen LogP contribution is 2.31. The van der Waals surface area contributed by atoms with E-state index < -0.39 is 6.61 Å². The molecule has 0 aliphatic carbocycles. The van der Waals surface area contributed by atoms with Crippen molar-refractivity contribution in [3.63, 3.8) is 0 Å². The van der Waals surface area contributed by atoms with Crippen LogP contribution in [0.1, 0.15) is 11.3 Å². The Morgan fingerprint density at radius 2 is 2.04 bits per heavy atom. The molecular formula is C20H18F2N2O3S. The van der Waals surface area contributed by atoms with Gasteiger partial charge in [-0.05, 0) is 25.1 Å². The first-order chi connectivity index (χ1) is 13.4. The molecule has 0 fully saturated rings. The first-order valence-corrected chi connectivity index (χ1v) is 9.26. The van der Waals surface area contributed by atoms with Crippen molar-refractivity contribution in [3.8, 4) is 22.1 Å². The highest BCUT2D eigenvalue weighted by Gasteiger charge is 2.14. The summed E-state index contributed by atoms with van der Waals surface area (Å²) in [5.74, 6) is -0.305. The van der Waals surface area contributed by atoms with Crippen LogP contribution in [0.5, 0.6) is 11.5 Å². The van der Waals surface area contributed by atoms with Gasteiger partial charge in [0.2, 0.25) is 5.91 Å². The number of methoxy groups -OCH3 is 1. The fourth-order valence-corrected chi connectivity index (χ4v) is 3.43. The van der Waals surface area contributed by atoms with Crippen LogP contribution in [-0.4, -0.2) is 24.6 Å². The van der Waals surface area contributed by atoms with Gasteiger partial charge < -0.3 is 14.8 Å². The number of carbonyl (C=O) groups is 1. The lowest BCUT2D eigenvalue weighted by molar-refractivity contribution is -0.115. The number of ether oxygens (including phenoxy) is 2. The molecule has 3 aromatic rings. The Balaban J connectivity index is 1.68. The van der Waals surface area contributed by atoms with E-state index in [0.29, 0.717) is 11.4 Å². The molecule has 2 aromatic carbocycles. The number of carbonyl (C=O) groups excluding carboxylic acids is 1. The number of alkyl halides is 2. The first-order valence-electron chi connectivity index (χ1n) is 8.38. The SMILES string of the molecule is COc1ccc(NC(=O)Cc2csc(-c3cccc(C)c3)n2)cc1OC(F)F. The molecule has 146 valence electrons. The van der Waals surface area contributed by atoms with Crippen LogP contribution in [0.3, 0.4) is 0 Å². The minimum atomic E-state index is -2.99. The second-order valence-electron chi connectivity index (χ2n) is 5.98. The number of aromatic nitrogens is 1. The number of hydrogen-bond acceptors (Lipinski definition) is 5. The van der Waals surface area contributed by atoms with Crippen molar-refractivity contribution in [2.24, 2.45) is 0 Å². The number of nitrogens with zero attached hydrogens (tertiary/aromatic N) is 1. The highest BCUT2D eigenvalue weighted by atomic mass is 32.1. The summed E-state index contributed by atoms with van der Waals surface area (Å²) in [6.45, 7) is -0.985. The number of benzene rings is 2. The van der Waals surface area contributed by atoms with Gasteiger partial charge in [0.25, 0.3) is 0 Å². The van der Waals surface area contributed by atoms with Crippen LogP contribution < -0.4 is 14.8 Å². The van der Waals surface area contributed by atoms with Gasteiger partial charge in [0.05, 0.1) is 19.2 Å². The zero-order valence-corrected chi connectivity index (χ0v) is 16.1. The summed E-state index contributed by atoms with van der Waals surface area (Å²) in [4.78, 5) is 16.8. The number of anilines is 1. The molecule has 0 bridgehead atoms. The van der Waals surface area contributed by atoms with Crippen LogP contribution in [0.2, 0.25) is 0 Å². The molecule has 0 unspecified atom stereocenters. The molecule has 1 amide bonds. The summed E-state index contributed by atoms with van der Waals surface area (Å²) in [5, 5.41) is 5.33. The molecule has 0 radical (unpaired) electrons. The number of hydrogen-bond donors (Lipinski definition) is 1. The molecule has 1 heterocycles. The van der Waals surface area contributed by atoms with Gasteiger partial charge in [-0.2, -0.15) is 8.78 Å². The third kappa shape index (κ3) is 5.04. The second kappa shape index (κ2) is 8.79. The summed E-state index contributed by atoms with van der Waals surface area (Å²) in [5.41, 5.74) is 3.10. The maximum atomic E-state index is 12.5. The molecule has 0 aliphatic heterocycles. The molecule has 0 saturated heterocycles. The molecule has 0 atom stereocenters. The summed E-state index contributed by atoms with van der Waals surface area (Å²) in [6, 6.07) is 12.3. The van der Waals surface area contributed by atoms with Gasteiger partial charge >= 0.3 is 6.61 Å². The van der Waals surface area contributed by atoms with E-state index in [1.807, 2.05) is 36.6 Å². The zero-order valence-electron chi connectivity index (χ0n) is 15.2. The third-order valence-electron chi connectivity index (χ3n) is 3.82. The van der Waals surface area contributed by atoms with Crippen molar-refractivity contribution >= 4 is 22.9 Å². The molecule has 3 rings (SSSR count). The Morgan fingerprint density at radius 3 is 2.75 bits per heavy atom. The Hall–Kier alpha value is -3.00. The summed E-state index contributed by atoms with van der Waals surface area (Å²) in [6.07, 6.45) is 0.0688. The molecule has 0 saturated carbocycles. The van der Waals surface area contributed by atoms with Crippen LogP contribution >= 0.6 is 11.3 Å². The number of nitrogens with one attached hydrogen (secondary N) is 1. The largest absolute Gasteiger partial charge is 0.493 e. The van der Waals surface area contributed by atoms with Crippen LogP contribution in [-0.2, 0) is 11.2 Å². The van der Waals surface area contributed by atoms with Gasteiger partial charge in [-0.25, -0.2) is 4.98 Å². The Kier molecular flexibility index (Phi) is 6.20. The number of aryl methyl sites for hydroxylation is 1. The average molecular weight is 404 g/mol. The number of thiazole rings is 1. The fraction of sp³-hybridized carbons (Fsp3) is 0.200. The Bertz CT molecular complexity index is 976. The number of halogens is 2. The summed E-state index contributed by atoms with van der Waals surface area (Å²) in [7, 11) is 1.35. The normalized spacial score (nSPS) is 10.8. The van der Waals surface area contributed by atoms with Crippen molar-refractivity contribution in [2.75, 3.05) is 12.4 Å². The predicted octanol–water partition coefficient (Wildman–Crippen LogP) is 4.91. The first kappa shape index (κ1) is 19.8. The molecule has 8 heteroatoms. The lowest BCUT2D eigenvalue weighted by Crippen LogP contribution is -2.15. The molecule has 28 heavy (non-hydrogen) atoms. The van der Waals surface area contributed by atoms with Crippen molar-refractivity contribution in [1.29, 1.82) is 0 Å². The van der Waals surface area contributed by atoms with Gasteiger partial charge in [0.15, 0.2) is 11.5 Å². The average Bonchev–Trinajstić information content (AvgIpc) is 3.10. The van der Waals surface area contributed by atoms with Gasteiger partial charge in [-0.1, -0.05) is 23.8 Å². The van der Waals surface area contributed by atoms with Crippen molar-refractivity contribution in [1.82, 2.24) is 4.98 Å². The van der Waals surface area contributed by atoms with E-state index in [1.165, 1.54) is 30.6 Å². The molecular weight excluding hydrogens is 386 g/mol. The maximum Gasteiger partial charge on any atom is 0.387 e. The highest BCUT2D eigenvalue weighted by molar-refractivity contribution is 7.13. The minimum absolute atomic E-state index is 0.0688. The second-order valence-corrected chi connectivity index (χ2v) is 6.84. The van der Waals surface area contributed by atoms with E-state index in [1.54, 1.807) is 6.07 Å². The quantitative estimate of drug-likeness (QED) is 0.608. The van der Waals surface area contributed by atoms with Gasteiger partial charge in [-0.3, -0.25) is 4.79 Å². The fourth-order valence-electron chi connectivity index (χ4n) is 2.61. The predicted molar refractivity (Wildman–Crippen MR) is 104 cm³/mol. The summed E-state index contributed by atoms with van der Waals surface area (Å²) < 4.78 is 34.4. The van der Waals surface area contributed by atoms with E-state index >= 15 is 0 Å². The van der Waals surface area contributed by atoms with Crippen LogP contribution in [0, 0.1) is 6.92 Å². The third-order valence-corrected chi connectivity index (χ3v) is 4.76. The monoisotopic (exact) mass is 404 g/mol. The Labute approximate surface area is 164 Å². The van der Waals surface area contributed by atoms with Crippen molar-refractivity contribution < 1.29 is 23.0 Å². The van der Waals surface area contributed by atoms with Crippen molar-refractivity contribution in [3.05, 3.63) is 59.1 Å². The van der Waals surface area contributed by atoms with Gasteiger partial charge in [-0.15, -0.1) is 11.3 Å². The topological polar surface area (TPSA) is 60.5 Å². The molecule has 5 nitrogen and oxygen atoms in total. The van der Waals surface area contributed by atoms with Crippen molar-refractivity contribution in [2.45, 2.75) is 20.0 Å². The lowest BCUT2D eigenvalue weighted by atomic mass is 10.1. The van der Waals surface area contributed by atoms with E-state index in [9.17, 15) is 13.6 Å². The lowest BCUT2D eigenvalue weighted by Gasteiger charge is -2.12. The van der Waals surface area contributed by atoms with Crippen LogP contribution in [0.15, 0.2) is 47.8 Å².